The van der Waals surface area contributed by atoms with E-state index >= 15 is 0 Å². The number of hydrogen-bond donors (Lipinski definition) is 1. The number of likely N-dealkylation sites (tertiary alicyclic amines) is 1. The van der Waals surface area contributed by atoms with E-state index in [1.165, 1.54) is 18.4 Å². The zero-order valence-electron chi connectivity index (χ0n) is 16.8. The highest BCUT2D eigenvalue weighted by molar-refractivity contribution is 5.92. The van der Waals surface area contributed by atoms with Crippen LogP contribution in [0.1, 0.15) is 64.2 Å². The summed E-state index contributed by atoms with van der Waals surface area (Å²) in [6, 6.07) is 6.12. The molecule has 1 amide bonds. The van der Waals surface area contributed by atoms with Crippen molar-refractivity contribution >= 4 is 11.6 Å². The second-order valence-corrected chi connectivity index (χ2v) is 9.12. The number of piperidine rings is 1. The van der Waals surface area contributed by atoms with E-state index in [4.69, 9.17) is 0 Å². The number of carbonyl (C=O) groups excluding carboxylic acids is 1. The molecule has 144 valence electrons. The van der Waals surface area contributed by atoms with E-state index in [2.05, 4.69) is 31.7 Å². The molecule has 1 fully saturated rings. The molecular formula is C22H34N2O2. The summed E-state index contributed by atoms with van der Waals surface area (Å²) in [7, 11) is 0. The van der Waals surface area contributed by atoms with Gasteiger partial charge < -0.3 is 14.9 Å². The molecule has 1 unspecified atom stereocenters. The quantitative estimate of drug-likeness (QED) is 0.894. The number of rotatable bonds is 3. The van der Waals surface area contributed by atoms with Crippen LogP contribution in [0.4, 0.5) is 5.69 Å². The Morgan fingerprint density at radius 1 is 1.23 bits per heavy atom. The number of aliphatic hydroxyl groups is 1. The first kappa shape index (κ1) is 19.4. The second kappa shape index (κ2) is 7.69. The third-order valence-corrected chi connectivity index (χ3v) is 6.23. The van der Waals surface area contributed by atoms with Gasteiger partial charge in [0.05, 0.1) is 6.10 Å². The number of fused-ring (bicyclic) bond motifs is 1. The van der Waals surface area contributed by atoms with Gasteiger partial charge in [0.25, 0.3) is 0 Å². The zero-order chi connectivity index (χ0) is 18.9. The summed E-state index contributed by atoms with van der Waals surface area (Å²) in [5.74, 6) is 0.873. The van der Waals surface area contributed by atoms with Gasteiger partial charge in [-0.25, -0.2) is 0 Å². The van der Waals surface area contributed by atoms with Gasteiger partial charge in [0.2, 0.25) is 5.91 Å². The van der Waals surface area contributed by atoms with E-state index in [-0.39, 0.29) is 5.91 Å². The number of amides is 1. The maximum atomic E-state index is 11.8. The summed E-state index contributed by atoms with van der Waals surface area (Å²) in [5.41, 5.74) is 3.57. The van der Waals surface area contributed by atoms with Crippen LogP contribution in [0.5, 0.6) is 0 Å². The molecular weight excluding hydrogens is 324 g/mol. The van der Waals surface area contributed by atoms with Crippen LogP contribution in [0.15, 0.2) is 18.2 Å². The van der Waals surface area contributed by atoms with E-state index < -0.39 is 6.10 Å². The van der Waals surface area contributed by atoms with Crippen LogP contribution >= 0.6 is 0 Å². The van der Waals surface area contributed by atoms with Crippen LogP contribution < -0.4 is 4.90 Å². The summed E-state index contributed by atoms with van der Waals surface area (Å²) >= 11 is 0. The smallest absolute Gasteiger partial charge is 0.223 e. The molecule has 0 aliphatic carbocycles. The molecule has 2 heterocycles. The first-order valence-electron chi connectivity index (χ1n) is 10.1. The lowest BCUT2D eigenvalue weighted by Gasteiger charge is -2.39. The third-order valence-electron chi connectivity index (χ3n) is 6.23. The average Bonchev–Trinajstić information content (AvgIpc) is 2.60. The highest BCUT2D eigenvalue weighted by Gasteiger charge is 2.29. The van der Waals surface area contributed by atoms with Gasteiger partial charge in [0.15, 0.2) is 0 Å². The Bertz CT molecular complexity index is 642. The van der Waals surface area contributed by atoms with Crippen LogP contribution in [-0.2, 0) is 11.2 Å². The van der Waals surface area contributed by atoms with Crippen LogP contribution in [0.3, 0.4) is 0 Å². The predicted molar refractivity (Wildman–Crippen MR) is 106 cm³/mol. The molecule has 1 N–H and O–H groups in total. The predicted octanol–water partition coefficient (Wildman–Crippen LogP) is 3.78. The highest BCUT2D eigenvalue weighted by atomic mass is 16.3. The van der Waals surface area contributed by atoms with Crippen molar-refractivity contribution in [3.63, 3.8) is 0 Å². The van der Waals surface area contributed by atoms with Crippen LogP contribution in [0.25, 0.3) is 0 Å². The molecule has 0 aromatic heterocycles. The maximum Gasteiger partial charge on any atom is 0.223 e. The Balaban J connectivity index is 1.62. The third kappa shape index (κ3) is 4.29. The lowest BCUT2D eigenvalue weighted by molar-refractivity contribution is -0.116. The molecule has 1 aromatic rings. The standard InChI is InChI=1S/C22H34N2O2/c1-16(25)24-11-5-6-17-14-18(7-8-20(17)24)21(26)15-23-12-9-19(10-13-23)22(2,3)4/h7-8,14,19,21,26H,5-6,9-13,15H2,1-4H3. The number of aryl methyl sites for hydroxylation is 1. The van der Waals surface area contributed by atoms with E-state index in [9.17, 15) is 9.90 Å². The lowest BCUT2D eigenvalue weighted by atomic mass is 9.75. The topological polar surface area (TPSA) is 43.8 Å². The molecule has 4 heteroatoms. The van der Waals surface area contributed by atoms with Gasteiger partial charge in [-0.3, -0.25) is 4.79 Å². The number of benzene rings is 1. The van der Waals surface area contributed by atoms with E-state index in [1.54, 1.807) is 6.92 Å². The number of carbonyl (C=O) groups is 1. The van der Waals surface area contributed by atoms with E-state index in [0.29, 0.717) is 12.0 Å². The van der Waals surface area contributed by atoms with Crippen molar-refractivity contribution in [1.29, 1.82) is 0 Å². The SMILES string of the molecule is CC(=O)N1CCCc2cc(C(O)CN3CCC(C(C)(C)C)CC3)ccc21. The van der Waals surface area contributed by atoms with Crippen molar-refractivity contribution in [1.82, 2.24) is 4.90 Å². The molecule has 0 saturated carbocycles. The molecule has 0 radical (unpaired) electrons. The molecule has 0 spiro atoms. The minimum absolute atomic E-state index is 0.0981. The summed E-state index contributed by atoms with van der Waals surface area (Å²) in [6.45, 7) is 12.3. The Labute approximate surface area is 158 Å². The normalized spacial score (nSPS) is 20.7. The molecule has 1 atom stereocenters. The van der Waals surface area contributed by atoms with E-state index in [0.717, 1.165) is 49.6 Å². The fraction of sp³-hybridized carbons (Fsp3) is 0.682. The van der Waals surface area contributed by atoms with E-state index in [1.807, 2.05) is 17.0 Å². The summed E-state index contributed by atoms with van der Waals surface area (Å²) in [4.78, 5) is 16.1. The Kier molecular flexibility index (Phi) is 5.73. The average molecular weight is 359 g/mol. The van der Waals surface area contributed by atoms with Crippen molar-refractivity contribution in [2.75, 3.05) is 31.1 Å². The van der Waals surface area contributed by atoms with Gasteiger partial charge in [-0.05, 0) is 67.3 Å². The van der Waals surface area contributed by atoms with Crippen LogP contribution in [0.2, 0.25) is 0 Å². The Morgan fingerprint density at radius 2 is 1.92 bits per heavy atom. The lowest BCUT2D eigenvalue weighted by Crippen LogP contribution is -2.40. The molecule has 4 nitrogen and oxygen atoms in total. The number of β-amino-alcohol motifs (C(OH)–C–C–N with tert-alkyl or cyclic N) is 1. The largest absolute Gasteiger partial charge is 0.387 e. The van der Waals surface area contributed by atoms with Crippen molar-refractivity contribution < 1.29 is 9.90 Å². The molecule has 3 rings (SSSR count). The fourth-order valence-corrected chi connectivity index (χ4v) is 4.48. The van der Waals surface area contributed by atoms with Crippen molar-refractivity contribution in [2.24, 2.45) is 11.3 Å². The number of hydrogen-bond acceptors (Lipinski definition) is 3. The molecule has 0 bridgehead atoms. The molecule has 26 heavy (non-hydrogen) atoms. The summed E-state index contributed by atoms with van der Waals surface area (Å²) in [6.07, 6.45) is 3.95. The van der Waals surface area contributed by atoms with Crippen molar-refractivity contribution in [2.45, 2.75) is 59.5 Å². The van der Waals surface area contributed by atoms with Crippen LogP contribution in [0, 0.1) is 11.3 Å². The number of nitrogens with zero attached hydrogens (tertiary/aromatic N) is 2. The zero-order valence-corrected chi connectivity index (χ0v) is 16.8. The Morgan fingerprint density at radius 3 is 2.54 bits per heavy atom. The first-order chi connectivity index (χ1) is 12.3. The van der Waals surface area contributed by atoms with Gasteiger partial charge in [-0.1, -0.05) is 32.9 Å². The van der Waals surface area contributed by atoms with Gasteiger partial charge in [-0.2, -0.15) is 0 Å². The van der Waals surface area contributed by atoms with Gasteiger partial charge in [0, 0.05) is 25.7 Å². The molecule has 2 aliphatic heterocycles. The second-order valence-electron chi connectivity index (χ2n) is 9.12. The summed E-state index contributed by atoms with van der Waals surface area (Å²) in [5, 5.41) is 10.8. The van der Waals surface area contributed by atoms with Crippen molar-refractivity contribution in [3.05, 3.63) is 29.3 Å². The minimum Gasteiger partial charge on any atom is -0.387 e. The first-order valence-corrected chi connectivity index (χ1v) is 10.1. The molecule has 1 aromatic carbocycles. The fourth-order valence-electron chi connectivity index (χ4n) is 4.48. The Hall–Kier alpha value is -1.39. The monoisotopic (exact) mass is 358 g/mol. The summed E-state index contributed by atoms with van der Waals surface area (Å²) < 4.78 is 0. The van der Waals surface area contributed by atoms with Gasteiger partial charge in [0.1, 0.15) is 0 Å². The van der Waals surface area contributed by atoms with Gasteiger partial charge in [-0.15, -0.1) is 0 Å². The maximum absolute atomic E-state index is 11.8. The number of anilines is 1. The molecule has 1 saturated heterocycles. The highest BCUT2D eigenvalue weighted by Crippen LogP contribution is 2.35. The van der Waals surface area contributed by atoms with Crippen LogP contribution in [-0.4, -0.2) is 42.1 Å². The molecule has 2 aliphatic rings. The van der Waals surface area contributed by atoms with Crippen molar-refractivity contribution in [3.8, 4) is 0 Å². The number of aliphatic hydroxyl groups excluding tert-OH is 1. The van der Waals surface area contributed by atoms with Gasteiger partial charge >= 0.3 is 0 Å². The minimum atomic E-state index is -0.459.